The van der Waals surface area contributed by atoms with Crippen molar-refractivity contribution >= 4 is 11.0 Å². The highest BCUT2D eigenvalue weighted by Gasteiger charge is 2.21. The van der Waals surface area contributed by atoms with E-state index in [0.29, 0.717) is 5.92 Å². The molecule has 1 aromatic carbocycles. The van der Waals surface area contributed by atoms with Gasteiger partial charge in [-0.1, -0.05) is 18.9 Å². The van der Waals surface area contributed by atoms with Crippen molar-refractivity contribution in [1.82, 2.24) is 15.3 Å². The van der Waals surface area contributed by atoms with Crippen molar-refractivity contribution in [1.29, 1.82) is 0 Å². The summed E-state index contributed by atoms with van der Waals surface area (Å²) in [5.41, 5.74) is 3.69. The molecule has 0 spiro atoms. The molecule has 0 bridgehead atoms. The molecule has 2 aromatic rings. The van der Waals surface area contributed by atoms with Gasteiger partial charge in [0.1, 0.15) is 5.82 Å². The van der Waals surface area contributed by atoms with Gasteiger partial charge in [0, 0.05) is 18.5 Å². The summed E-state index contributed by atoms with van der Waals surface area (Å²) in [6, 6.07) is 7.40. The number of benzene rings is 1. The Bertz CT molecular complexity index is 577. The summed E-state index contributed by atoms with van der Waals surface area (Å²) >= 11 is 0. The zero-order valence-corrected chi connectivity index (χ0v) is 11.3. The molecule has 3 nitrogen and oxygen atoms in total. The van der Waals surface area contributed by atoms with Gasteiger partial charge in [-0.25, -0.2) is 4.98 Å². The number of hydrogen-bond acceptors (Lipinski definition) is 2. The van der Waals surface area contributed by atoms with Crippen LogP contribution in [0.25, 0.3) is 11.0 Å². The van der Waals surface area contributed by atoms with Crippen LogP contribution in [0.15, 0.2) is 18.2 Å². The summed E-state index contributed by atoms with van der Waals surface area (Å²) in [4.78, 5) is 8.31. The number of fused-ring (bicyclic) bond motifs is 1. The number of nitrogens with zero attached hydrogens (tertiary/aromatic N) is 1. The Balaban J connectivity index is 1.57. The van der Waals surface area contributed by atoms with E-state index in [9.17, 15) is 0 Å². The van der Waals surface area contributed by atoms with E-state index in [1.807, 2.05) is 0 Å². The zero-order valence-electron chi connectivity index (χ0n) is 11.3. The standard InChI is InChI=1S/C16H21N3/c1-2-4-12(3-1)16-18-14-8-5-11(9-15(14)19-16)10-17-13-6-7-13/h5,8-9,12-13,17H,1-4,6-7,10H2,(H,18,19). The maximum Gasteiger partial charge on any atom is 0.110 e. The summed E-state index contributed by atoms with van der Waals surface area (Å²) in [5.74, 6) is 1.88. The number of aromatic amines is 1. The number of imidazole rings is 1. The highest BCUT2D eigenvalue weighted by atomic mass is 14.9. The van der Waals surface area contributed by atoms with Crippen molar-refractivity contribution in [3.63, 3.8) is 0 Å². The van der Waals surface area contributed by atoms with Crippen molar-refractivity contribution in [3.05, 3.63) is 29.6 Å². The van der Waals surface area contributed by atoms with Gasteiger partial charge in [0.2, 0.25) is 0 Å². The number of nitrogens with one attached hydrogen (secondary N) is 2. The summed E-state index contributed by atoms with van der Waals surface area (Å²) in [5, 5.41) is 3.57. The van der Waals surface area contributed by atoms with Crippen LogP contribution in [0.4, 0.5) is 0 Å². The van der Waals surface area contributed by atoms with Crippen LogP contribution in [0.5, 0.6) is 0 Å². The summed E-state index contributed by atoms with van der Waals surface area (Å²) in [7, 11) is 0. The first kappa shape index (κ1) is 11.5. The molecule has 2 saturated carbocycles. The summed E-state index contributed by atoms with van der Waals surface area (Å²) in [6.07, 6.45) is 8.01. The lowest BCUT2D eigenvalue weighted by atomic mass is 10.1. The monoisotopic (exact) mass is 255 g/mol. The lowest BCUT2D eigenvalue weighted by Gasteiger charge is -2.03. The minimum absolute atomic E-state index is 0.667. The van der Waals surface area contributed by atoms with E-state index in [1.54, 1.807) is 0 Å². The van der Waals surface area contributed by atoms with Crippen LogP contribution in [-0.4, -0.2) is 16.0 Å². The molecule has 0 unspecified atom stereocenters. The molecule has 2 fully saturated rings. The van der Waals surface area contributed by atoms with Crippen molar-refractivity contribution < 1.29 is 0 Å². The van der Waals surface area contributed by atoms with Crippen molar-refractivity contribution in [2.24, 2.45) is 0 Å². The fraction of sp³-hybridized carbons (Fsp3) is 0.562. The van der Waals surface area contributed by atoms with E-state index in [4.69, 9.17) is 4.98 Å². The van der Waals surface area contributed by atoms with Crippen LogP contribution in [0.2, 0.25) is 0 Å². The van der Waals surface area contributed by atoms with Gasteiger partial charge in [-0.2, -0.15) is 0 Å². The molecule has 2 aliphatic rings. The highest BCUT2D eigenvalue weighted by molar-refractivity contribution is 5.76. The Morgan fingerprint density at radius 2 is 2.00 bits per heavy atom. The fourth-order valence-corrected chi connectivity index (χ4v) is 3.13. The molecule has 0 saturated heterocycles. The predicted molar refractivity (Wildman–Crippen MR) is 77.2 cm³/mol. The van der Waals surface area contributed by atoms with Crippen LogP contribution in [0.1, 0.15) is 55.8 Å². The second-order valence-corrected chi connectivity index (χ2v) is 6.11. The van der Waals surface area contributed by atoms with Crippen LogP contribution in [0, 0.1) is 0 Å². The van der Waals surface area contributed by atoms with Crippen molar-refractivity contribution in [2.45, 2.75) is 57.0 Å². The Labute approximate surface area is 113 Å². The maximum atomic E-state index is 4.77. The molecule has 0 radical (unpaired) electrons. The third kappa shape index (κ3) is 2.39. The topological polar surface area (TPSA) is 40.7 Å². The van der Waals surface area contributed by atoms with Gasteiger partial charge in [-0.05, 0) is 43.4 Å². The van der Waals surface area contributed by atoms with E-state index in [-0.39, 0.29) is 0 Å². The molecular weight excluding hydrogens is 234 g/mol. The van der Waals surface area contributed by atoms with E-state index < -0.39 is 0 Å². The van der Waals surface area contributed by atoms with E-state index >= 15 is 0 Å². The molecule has 0 amide bonds. The molecule has 0 atom stereocenters. The minimum atomic E-state index is 0.667. The SMILES string of the molecule is c1cc2nc(C3CCCC3)[nH]c2cc1CNC1CC1. The van der Waals surface area contributed by atoms with E-state index in [1.165, 1.54) is 55.4 Å². The van der Waals surface area contributed by atoms with E-state index in [2.05, 4.69) is 28.5 Å². The summed E-state index contributed by atoms with van der Waals surface area (Å²) in [6.45, 7) is 0.985. The number of H-pyrrole nitrogens is 1. The van der Waals surface area contributed by atoms with Crippen LogP contribution in [0.3, 0.4) is 0 Å². The van der Waals surface area contributed by atoms with Gasteiger partial charge in [0.25, 0.3) is 0 Å². The highest BCUT2D eigenvalue weighted by Crippen LogP contribution is 2.33. The molecule has 100 valence electrons. The minimum Gasteiger partial charge on any atom is -0.342 e. The maximum absolute atomic E-state index is 4.77. The van der Waals surface area contributed by atoms with Gasteiger partial charge in [0.05, 0.1) is 11.0 Å². The van der Waals surface area contributed by atoms with Gasteiger partial charge in [0.15, 0.2) is 0 Å². The second-order valence-electron chi connectivity index (χ2n) is 6.11. The van der Waals surface area contributed by atoms with Crippen LogP contribution < -0.4 is 5.32 Å². The lowest BCUT2D eigenvalue weighted by Crippen LogP contribution is -2.15. The Hall–Kier alpha value is -1.35. The smallest absolute Gasteiger partial charge is 0.110 e. The Morgan fingerprint density at radius 3 is 2.79 bits per heavy atom. The second kappa shape index (κ2) is 4.64. The van der Waals surface area contributed by atoms with Gasteiger partial charge >= 0.3 is 0 Å². The lowest BCUT2D eigenvalue weighted by molar-refractivity contribution is 0.681. The third-order valence-corrected chi connectivity index (χ3v) is 4.48. The van der Waals surface area contributed by atoms with Gasteiger partial charge in [-0.3, -0.25) is 0 Å². The number of rotatable bonds is 4. The molecule has 3 heteroatoms. The largest absolute Gasteiger partial charge is 0.342 e. The molecule has 0 aliphatic heterocycles. The molecule has 19 heavy (non-hydrogen) atoms. The number of aromatic nitrogens is 2. The van der Waals surface area contributed by atoms with Crippen molar-refractivity contribution in [2.75, 3.05) is 0 Å². The quantitative estimate of drug-likeness (QED) is 0.878. The zero-order chi connectivity index (χ0) is 12.7. The first-order valence-corrected chi connectivity index (χ1v) is 7.60. The average molecular weight is 255 g/mol. The van der Waals surface area contributed by atoms with E-state index in [0.717, 1.165) is 18.1 Å². The fourth-order valence-electron chi connectivity index (χ4n) is 3.13. The molecule has 2 N–H and O–H groups in total. The first-order chi connectivity index (χ1) is 9.38. The molecule has 4 rings (SSSR count). The first-order valence-electron chi connectivity index (χ1n) is 7.60. The molecule has 2 aliphatic carbocycles. The predicted octanol–water partition coefficient (Wildman–Crippen LogP) is 3.47. The van der Waals surface area contributed by atoms with Crippen LogP contribution in [-0.2, 0) is 6.54 Å². The molecular formula is C16H21N3. The normalized spacial score (nSPS) is 20.4. The molecule has 1 heterocycles. The summed E-state index contributed by atoms with van der Waals surface area (Å²) < 4.78 is 0. The average Bonchev–Trinajstić information content (AvgIpc) is 2.92. The van der Waals surface area contributed by atoms with Gasteiger partial charge in [-0.15, -0.1) is 0 Å². The Kier molecular flexibility index (Phi) is 2.80. The number of hydrogen-bond donors (Lipinski definition) is 2. The molecule has 1 aromatic heterocycles. The third-order valence-electron chi connectivity index (χ3n) is 4.48. The van der Waals surface area contributed by atoms with Crippen LogP contribution >= 0.6 is 0 Å². The van der Waals surface area contributed by atoms with Crippen molar-refractivity contribution in [3.8, 4) is 0 Å². The van der Waals surface area contributed by atoms with Gasteiger partial charge < -0.3 is 10.3 Å². The Morgan fingerprint density at radius 1 is 1.16 bits per heavy atom.